The topological polar surface area (TPSA) is 43.8 Å². The highest BCUT2D eigenvalue weighted by atomic mass is 15.1. The number of imidazole rings is 1. The van der Waals surface area contributed by atoms with E-state index >= 15 is 0 Å². The largest absolute Gasteiger partial charge is 0.326 e. The first-order chi connectivity index (χ1) is 8.24. The van der Waals surface area contributed by atoms with E-state index in [9.17, 15) is 0 Å². The van der Waals surface area contributed by atoms with Gasteiger partial charge in [0, 0.05) is 12.2 Å². The van der Waals surface area contributed by atoms with Gasteiger partial charge >= 0.3 is 0 Å². The first-order valence-corrected chi connectivity index (χ1v) is 6.06. The predicted octanol–water partition coefficient (Wildman–Crippen LogP) is 2.90. The summed E-state index contributed by atoms with van der Waals surface area (Å²) in [5.74, 6) is 0. The SMILES string of the molecule is CC[C@@H](N)c1cncn1C(C)c1ccccc1. The maximum atomic E-state index is 6.09. The van der Waals surface area contributed by atoms with Crippen LogP contribution in [0.25, 0.3) is 0 Å². The standard InChI is InChI=1S/C14H19N3/c1-3-13(15)14-9-16-10-17(14)11(2)12-7-5-4-6-8-12/h4-11,13H,3,15H2,1-2H3/t11?,13-/m1/s1. The molecule has 0 aliphatic heterocycles. The zero-order chi connectivity index (χ0) is 12.3. The lowest BCUT2D eigenvalue weighted by Crippen LogP contribution is -2.17. The summed E-state index contributed by atoms with van der Waals surface area (Å²) in [7, 11) is 0. The molecule has 1 heterocycles. The molecule has 1 aromatic carbocycles. The summed E-state index contributed by atoms with van der Waals surface area (Å²) >= 11 is 0. The number of rotatable bonds is 4. The maximum Gasteiger partial charge on any atom is 0.0954 e. The molecule has 0 bridgehead atoms. The molecular weight excluding hydrogens is 210 g/mol. The van der Waals surface area contributed by atoms with Gasteiger partial charge in [-0.25, -0.2) is 4.98 Å². The number of nitrogens with two attached hydrogens (primary N) is 1. The van der Waals surface area contributed by atoms with Gasteiger partial charge in [0.1, 0.15) is 0 Å². The first kappa shape index (κ1) is 11.9. The van der Waals surface area contributed by atoms with Crippen molar-refractivity contribution in [3.63, 3.8) is 0 Å². The summed E-state index contributed by atoms with van der Waals surface area (Å²) < 4.78 is 2.16. The molecule has 0 aliphatic rings. The molecule has 2 rings (SSSR count). The van der Waals surface area contributed by atoms with Crippen molar-refractivity contribution in [3.8, 4) is 0 Å². The smallest absolute Gasteiger partial charge is 0.0954 e. The molecule has 90 valence electrons. The van der Waals surface area contributed by atoms with Crippen LogP contribution < -0.4 is 5.73 Å². The molecule has 0 radical (unpaired) electrons. The van der Waals surface area contributed by atoms with E-state index in [0.29, 0.717) is 0 Å². The molecule has 0 aliphatic carbocycles. The van der Waals surface area contributed by atoms with Gasteiger partial charge in [0.05, 0.1) is 18.1 Å². The summed E-state index contributed by atoms with van der Waals surface area (Å²) in [6, 6.07) is 10.7. The molecule has 0 amide bonds. The summed E-state index contributed by atoms with van der Waals surface area (Å²) in [4.78, 5) is 4.22. The van der Waals surface area contributed by atoms with Gasteiger partial charge in [-0.05, 0) is 18.9 Å². The summed E-state index contributed by atoms with van der Waals surface area (Å²) in [5.41, 5.74) is 8.47. The van der Waals surface area contributed by atoms with E-state index in [1.54, 1.807) is 0 Å². The van der Waals surface area contributed by atoms with Gasteiger partial charge in [-0.1, -0.05) is 37.3 Å². The van der Waals surface area contributed by atoms with Crippen molar-refractivity contribution in [2.45, 2.75) is 32.4 Å². The number of aromatic nitrogens is 2. The zero-order valence-corrected chi connectivity index (χ0v) is 10.4. The van der Waals surface area contributed by atoms with Gasteiger partial charge in [-0.2, -0.15) is 0 Å². The fourth-order valence-electron chi connectivity index (χ4n) is 2.03. The van der Waals surface area contributed by atoms with Crippen LogP contribution in [0.4, 0.5) is 0 Å². The van der Waals surface area contributed by atoms with Crippen LogP contribution in [-0.2, 0) is 0 Å². The van der Waals surface area contributed by atoms with E-state index in [1.807, 2.05) is 18.6 Å². The Morgan fingerprint density at radius 1 is 1.29 bits per heavy atom. The van der Waals surface area contributed by atoms with Crippen molar-refractivity contribution in [2.24, 2.45) is 5.73 Å². The number of hydrogen-bond acceptors (Lipinski definition) is 2. The van der Waals surface area contributed by atoms with Crippen molar-refractivity contribution in [2.75, 3.05) is 0 Å². The highest BCUT2D eigenvalue weighted by Crippen LogP contribution is 2.22. The third-order valence-corrected chi connectivity index (χ3v) is 3.21. The first-order valence-electron chi connectivity index (χ1n) is 6.06. The van der Waals surface area contributed by atoms with Crippen molar-refractivity contribution in [3.05, 3.63) is 54.1 Å². The normalized spacial score (nSPS) is 14.5. The molecule has 0 fully saturated rings. The van der Waals surface area contributed by atoms with Crippen LogP contribution >= 0.6 is 0 Å². The average Bonchev–Trinajstić information content (AvgIpc) is 2.87. The number of benzene rings is 1. The Labute approximate surface area is 102 Å². The van der Waals surface area contributed by atoms with Crippen molar-refractivity contribution in [1.82, 2.24) is 9.55 Å². The van der Waals surface area contributed by atoms with E-state index in [1.165, 1.54) is 5.56 Å². The van der Waals surface area contributed by atoms with Gasteiger partial charge < -0.3 is 10.3 Å². The monoisotopic (exact) mass is 229 g/mol. The second-order valence-electron chi connectivity index (χ2n) is 4.33. The quantitative estimate of drug-likeness (QED) is 0.876. The maximum absolute atomic E-state index is 6.09. The lowest BCUT2D eigenvalue weighted by molar-refractivity contribution is 0.558. The summed E-state index contributed by atoms with van der Waals surface area (Å²) in [6.07, 6.45) is 4.66. The minimum atomic E-state index is 0.0589. The van der Waals surface area contributed by atoms with Crippen LogP contribution in [0, 0.1) is 0 Å². The van der Waals surface area contributed by atoms with Gasteiger partial charge in [-0.3, -0.25) is 0 Å². The van der Waals surface area contributed by atoms with E-state index in [0.717, 1.165) is 12.1 Å². The molecule has 1 aromatic heterocycles. The molecule has 0 spiro atoms. The average molecular weight is 229 g/mol. The second kappa shape index (κ2) is 5.15. The summed E-state index contributed by atoms with van der Waals surface area (Å²) in [5, 5.41) is 0. The highest BCUT2D eigenvalue weighted by Gasteiger charge is 2.14. The second-order valence-corrected chi connectivity index (χ2v) is 4.33. The van der Waals surface area contributed by atoms with Crippen LogP contribution in [0.15, 0.2) is 42.9 Å². The fraction of sp³-hybridized carbons (Fsp3) is 0.357. The van der Waals surface area contributed by atoms with Crippen LogP contribution in [0.5, 0.6) is 0 Å². The Hall–Kier alpha value is -1.61. The Bertz CT molecular complexity index is 461. The van der Waals surface area contributed by atoms with Crippen molar-refractivity contribution in [1.29, 1.82) is 0 Å². The number of hydrogen-bond donors (Lipinski definition) is 1. The van der Waals surface area contributed by atoms with Gasteiger partial charge in [0.2, 0.25) is 0 Å². The number of nitrogens with zero attached hydrogens (tertiary/aromatic N) is 2. The van der Waals surface area contributed by atoms with E-state index in [-0.39, 0.29) is 12.1 Å². The molecule has 0 saturated carbocycles. The molecule has 17 heavy (non-hydrogen) atoms. The zero-order valence-electron chi connectivity index (χ0n) is 10.4. The minimum absolute atomic E-state index is 0.0589. The molecule has 3 nitrogen and oxygen atoms in total. The van der Waals surface area contributed by atoms with Crippen molar-refractivity contribution >= 4 is 0 Å². The predicted molar refractivity (Wildman–Crippen MR) is 69.7 cm³/mol. The summed E-state index contributed by atoms with van der Waals surface area (Å²) in [6.45, 7) is 4.26. The minimum Gasteiger partial charge on any atom is -0.326 e. The lowest BCUT2D eigenvalue weighted by Gasteiger charge is -2.19. The highest BCUT2D eigenvalue weighted by molar-refractivity contribution is 5.21. The van der Waals surface area contributed by atoms with Gasteiger partial charge in [0.25, 0.3) is 0 Å². The Morgan fingerprint density at radius 3 is 2.65 bits per heavy atom. The molecule has 0 saturated heterocycles. The lowest BCUT2D eigenvalue weighted by atomic mass is 10.1. The third kappa shape index (κ3) is 2.39. The van der Waals surface area contributed by atoms with Crippen LogP contribution in [0.1, 0.15) is 43.6 Å². The Morgan fingerprint density at radius 2 is 2.00 bits per heavy atom. The van der Waals surface area contributed by atoms with Gasteiger partial charge in [-0.15, -0.1) is 0 Å². The van der Waals surface area contributed by atoms with E-state index in [2.05, 4.69) is 47.7 Å². The van der Waals surface area contributed by atoms with Crippen LogP contribution in [-0.4, -0.2) is 9.55 Å². The molecule has 2 N–H and O–H groups in total. The van der Waals surface area contributed by atoms with Gasteiger partial charge in [0.15, 0.2) is 0 Å². The third-order valence-electron chi connectivity index (χ3n) is 3.21. The van der Waals surface area contributed by atoms with Crippen molar-refractivity contribution < 1.29 is 0 Å². The van der Waals surface area contributed by atoms with Crippen LogP contribution in [0.2, 0.25) is 0 Å². The Kier molecular flexibility index (Phi) is 3.59. The molecule has 3 heteroatoms. The van der Waals surface area contributed by atoms with Crippen LogP contribution in [0.3, 0.4) is 0 Å². The molecule has 2 atom stereocenters. The molecular formula is C14H19N3. The fourth-order valence-corrected chi connectivity index (χ4v) is 2.03. The Balaban J connectivity index is 2.32. The van der Waals surface area contributed by atoms with E-state index < -0.39 is 0 Å². The molecule has 1 unspecified atom stereocenters. The molecule has 2 aromatic rings. The van der Waals surface area contributed by atoms with E-state index in [4.69, 9.17) is 5.73 Å².